The Morgan fingerprint density at radius 1 is 1.12 bits per heavy atom. The van der Waals surface area contributed by atoms with Crippen LogP contribution in [0.3, 0.4) is 0 Å². The van der Waals surface area contributed by atoms with E-state index in [0.717, 1.165) is 11.1 Å². The Morgan fingerprint density at radius 2 is 1.94 bits per heavy atom. The standard InChI is InChI=1S/C25H22ClN3O3S/c1-3-29-24(30)22(33-25(29)28-23-6-4-5-13-27-23)15-18-9-12-20(21(14-18)31-2)32-16-17-7-10-19(26)11-8-17/h4-15H,3,16H2,1-2H3/b22-15-,28-25+. The van der Waals surface area contributed by atoms with Crippen LogP contribution >= 0.6 is 23.4 Å². The number of ether oxygens (including phenoxy) is 2. The van der Waals surface area contributed by atoms with Gasteiger partial charge in [0, 0.05) is 17.8 Å². The molecule has 33 heavy (non-hydrogen) atoms. The number of benzene rings is 2. The molecule has 1 aliphatic rings. The van der Waals surface area contributed by atoms with Crippen molar-refractivity contribution in [2.24, 2.45) is 4.99 Å². The molecule has 0 atom stereocenters. The van der Waals surface area contributed by atoms with Gasteiger partial charge in [0.2, 0.25) is 0 Å². The third-order valence-corrected chi connectivity index (χ3v) is 6.12. The first kappa shape index (κ1) is 22.9. The summed E-state index contributed by atoms with van der Waals surface area (Å²) in [7, 11) is 1.59. The topological polar surface area (TPSA) is 64.0 Å². The summed E-state index contributed by atoms with van der Waals surface area (Å²) < 4.78 is 11.4. The Balaban J connectivity index is 1.53. The molecular weight excluding hydrogens is 458 g/mol. The summed E-state index contributed by atoms with van der Waals surface area (Å²) >= 11 is 7.27. The third kappa shape index (κ3) is 5.56. The lowest BCUT2D eigenvalue weighted by molar-refractivity contribution is -0.122. The number of hydrogen-bond donors (Lipinski definition) is 0. The van der Waals surface area contributed by atoms with Crippen molar-refractivity contribution in [2.45, 2.75) is 13.5 Å². The number of carbonyl (C=O) groups is 1. The number of halogens is 1. The van der Waals surface area contributed by atoms with Gasteiger partial charge < -0.3 is 9.47 Å². The van der Waals surface area contributed by atoms with Gasteiger partial charge in [0.25, 0.3) is 5.91 Å². The van der Waals surface area contributed by atoms with Crippen molar-refractivity contribution in [3.8, 4) is 11.5 Å². The van der Waals surface area contributed by atoms with Crippen LogP contribution in [0.25, 0.3) is 6.08 Å². The number of hydrogen-bond acceptors (Lipinski definition) is 6. The number of pyridine rings is 1. The lowest BCUT2D eigenvalue weighted by Crippen LogP contribution is -2.28. The zero-order valence-electron chi connectivity index (χ0n) is 18.2. The highest BCUT2D eigenvalue weighted by Crippen LogP contribution is 2.35. The van der Waals surface area contributed by atoms with E-state index in [2.05, 4.69) is 9.98 Å². The van der Waals surface area contributed by atoms with E-state index in [-0.39, 0.29) is 5.91 Å². The number of aromatic nitrogens is 1. The zero-order valence-corrected chi connectivity index (χ0v) is 19.8. The number of likely N-dealkylation sites (N-methyl/N-ethyl adjacent to an activating group) is 1. The zero-order chi connectivity index (χ0) is 23.2. The maximum Gasteiger partial charge on any atom is 0.266 e. The Kier molecular flexibility index (Phi) is 7.32. The molecule has 8 heteroatoms. The Labute approximate surface area is 201 Å². The molecule has 0 radical (unpaired) electrons. The van der Waals surface area contributed by atoms with E-state index in [9.17, 15) is 4.79 Å². The predicted octanol–water partition coefficient (Wildman–Crippen LogP) is 5.95. The van der Waals surface area contributed by atoms with E-state index in [1.807, 2.05) is 67.6 Å². The number of amides is 1. The van der Waals surface area contributed by atoms with Gasteiger partial charge in [-0.15, -0.1) is 0 Å². The molecule has 4 rings (SSSR count). The van der Waals surface area contributed by atoms with Crippen molar-refractivity contribution < 1.29 is 14.3 Å². The van der Waals surface area contributed by atoms with Gasteiger partial charge in [-0.1, -0.05) is 35.9 Å². The van der Waals surface area contributed by atoms with Gasteiger partial charge in [0.05, 0.1) is 12.0 Å². The van der Waals surface area contributed by atoms with E-state index in [4.69, 9.17) is 21.1 Å². The smallest absolute Gasteiger partial charge is 0.266 e. The van der Waals surface area contributed by atoms with Crippen molar-refractivity contribution in [1.82, 2.24) is 9.88 Å². The molecule has 0 bridgehead atoms. The van der Waals surface area contributed by atoms with Gasteiger partial charge in [0.1, 0.15) is 6.61 Å². The first-order chi connectivity index (χ1) is 16.1. The molecule has 2 heterocycles. The minimum atomic E-state index is -0.0841. The second kappa shape index (κ2) is 10.6. The summed E-state index contributed by atoms with van der Waals surface area (Å²) in [6.07, 6.45) is 3.51. The summed E-state index contributed by atoms with van der Waals surface area (Å²) in [5.41, 5.74) is 1.83. The maximum atomic E-state index is 12.9. The average molecular weight is 480 g/mol. The fourth-order valence-corrected chi connectivity index (χ4v) is 4.35. The Bertz CT molecular complexity index is 1200. The van der Waals surface area contributed by atoms with Crippen molar-refractivity contribution >= 4 is 46.3 Å². The van der Waals surface area contributed by atoms with Crippen LogP contribution in [0.2, 0.25) is 5.02 Å². The van der Waals surface area contributed by atoms with Gasteiger partial charge in [-0.3, -0.25) is 9.69 Å². The molecule has 1 fully saturated rings. The van der Waals surface area contributed by atoms with Crippen LogP contribution in [0.1, 0.15) is 18.1 Å². The highest BCUT2D eigenvalue weighted by molar-refractivity contribution is 8.18. The van der Waals surface area contributed by atoms with Crippen LogP contribution < -0.4 is 9.47 Å². The molecule has 0 aliphatic carbocycles. The molecule has 1 saturated heterocycles. The highest BCUT2D eigenvalue weighted by atomic mass is 35.5. The van der Waals surface area contributed by atoms with Crippen LogP contribution in [-0.4, -0.2) is 34.6 Å². The first-order valence-electron chi connectivity index (χ1n) is 10.3. The third-order valence-electron chi connectivity index (χ3n) is 4.86. The summed E-state index contributed by atoms with van der Waals surface area (Å²) in [4.78, 5) is 23.9. The molecule has 0 spiro atoms. The maximum absolute atomic E-state index is 12.9. The normalized spacial score (nSPS) is 16.0. The average Bonchev–Trinajstić information content (AvgIpc) is 3.13. The van der Waals surface area contributed by atoms with E-state index < -0.39 is 0 Å². The molecule has 6 nitrogen and oxygen atoms in total. The molecule has 1 amide bonds. The Hall–Kier alpha value is -3.29. The molecule has 0 unspecified atom stereocenters. The molecule has 1 aromatic heterocycles. The highest BCUT2D eigenvalue weighted by Gasteiger charge is 2.32. The minimum absolute atomic E-state index is 0.0841. The molecule has 0 N–H and O–H groups in total. The van der Waals surface area contributed by atoms with E-state index in [1.165, 1.54) is 11.8 Å². The van der Waals surface area contributed by atoms with Crippen molar-refractivity contribution in [3.63, 3.8) is 0 Å². The number of carbonyl (C=O) groups excluding carboxylic acids is 1. The number of thioether (sulfide) groups is 1. The number of aliphatic imine (C=N–C) groups is 1. The Morgan fingerprint density at radius 3 is 2.64 bits per heavy atom. The molecule has 3 aromatic rings. The van der Waals surface area contributed by atoms with Crippen molar-refractivity contribution in [2.75, 3.05) is 13.7 Å². The number of methoxy groups -OCH3 is 1. The fourth-order valence-electron chi connectivity index (χ4n) is 3.17. The molecule has 0 saturated carbocycles. The minimum Gasteiger partial charge on any atom is -0.493 e. The predicted molar refractivity (Wildman–Crippen MR) is 133 cm³/mol. The van der Waals surface area contributed by atoms with E-state index in [0.29, 0.717) is 45.6 Å². The van der Waals surface area contributed by atoms with Crippen LogP contribution in [0.15, 0.2) is 76.8 Å². The second-order valence-electron chi connectivity index (χ2n) is 7.07. The number of rotatable bonds is 7. The summed E-state index contributed by atoms with van der Waals surface area (Å²) in [5.74, 6) is 1.69. The van der Waals surface area contributed by atoms with E-state index >= 15 is 0 Å². The molecular formula is C25H22ClN3O3S. The lowest BCUT2D eigenvalue weighted by Gasteiger charge is -2.12. The monoisotopic (exact) mass is 479 g/mol. The van der Waals surface area contributed by atoms with Crippen LogP contribution in [0.5, 0.6) is 11.5 Å². The largest absolute Gasteiger partial charge is 0.493 e. The second-order valence-corrected chi connectivity index (χ2v) is 8.51. The van der Waals surface area contributed by atoms with Gasteiger partial charge in [-0.2, -0.15) is 0 Å². The number of nitrogens with zero attached hydrogens (tertiary/aromatic N) is 3. The van der Waals surface area contributed by atoms with E-state index in [1.54, 1.807) is 24.3 Å². The molecule has 168 valence electrons. The van der Waals surface area contributed by atoms with Gasteiger partial charge in [0.15, 0.2) is 22.5 Å². The first-order valence-corrected chi connectivity index (χ1v) is 11.5. The summed E-state index contributed by atoms with van der Waals surface area (Å²) in [6.45, 7) is 2.84. The fraction of sp³-hybridized carbons (Fsp3) is 0.160. The van der Waals surface area contributed by atoms with Crippen LogP contribution in [-0.2, 0) is 11.4 Å². The van der Waals surface area contributed by atoms with Crippen LogP contribution in [0, 0.1) is 0 Å². The lowest BCUT2D eigenvalue weighted by atomic mass is 10.1. The quantitative estimate of drug-likeness (QED) is 0.392. The summed E-state index contributed by atoms with van der Waals surface area (Å²) in [5, 5.41) is 1.30. The molecule has 2 aromatic carbocycles. The van der Waals surface area contributed by atoms with Crippen molar-refractivity contribution in [3.05, 3.63) is 87.9 Å². The molecule has 1 aliphatic heterocycles. The van der Waals surface area contributed by atoms with Gasteiger partial charge in [-0.25, -0.2) is 9.98 Å². The van der Waals surface area contributed by atoms with Gasteiger partial charge >= 0.3 is 0 Å². The SMILES string of the molecule is CCN1C(=O)/C(=C/c2ccc(OCc3ccc(Cl)cc3)c(OC)c2)S/C1=N/c1ccccn1. The van der Waals surface area contributed by atoms with Crippen molar-refractivity contribution in [1.29, 1.82) is 0 Å². The summed E-state index contributed by atoms with van der Waals surface area (Å²) in [6, 6.07) is 18.6. The van der Waals surface area contributed by atoms with Crippen LogP contribution in [0.4, 0.5) is 5.82 Å². The van der Waals surface area contributed by atoms with Gasteiger partial charge in [-0.05, 0) is 72.3 Å². The number of amidine groups is 1.